The monoisotopic (exact) mass is 605 g/mol. The molecule has 10 nitrogen and oxygen atoms in total. The number of allylic oxidation sites excluding steroid dienone is 1. The van der Waals surface area contributed by atoms with E-state index in [9.17, 15) is 19.7 Å². The van der Waals surface area contributed by atoms with Crippen LogP contribution >= 0.6 is 22.9 Å². The molecule has 0 saturated carbocycles. The summed E-state index contributed by atoms with van der Waals surface area (Å²) in [6.45, 7) is 1.86. The number of carbonyl (C=O) groups is 1. The van der Waals surface area contributed by atoms with Crippen LogP contribution in [0.25, 0.3) is 6.08 Å². The van der Waals surface area contributed by atoms with Crippen LogP contribution in [0.4, 0.5) is 5.69 Å². The van der Waals surface area contributed by atoms with Crippen molar-refractivity contribution in [3.05, 3.63) is 130 Å². The van der Waals surface area contributed by atoms with Gasteiger partial charge in [-0.05, 0) is 55.0 Å². The third kappa shape index (κ3) is 5.56. The number of hydrogen-bond acceptors (Lipinski definition) is 9. The lowest BCUT2D eigenvalue weighted by molar-refractivity contribution is -0.384. The summed E-state index contributed by atoms with van der Waals surface area (Å²) >= 11 is 7.51. The van der Waals surface area contributed by atoms with Crippen molar-refractivity contribution in [3.63, 3.8) is 0 Å². The van der Waals surface area contributed by atoms with Crippen LogP contribution in [0, 0.1) is 10.1 Å². The normalized spacial score (nSPS) is 14.7. The second-order valence-electron chi connectivity index (χ2n) is 9.21. The van der Waals surface area contributed by atoms with Crippen LogP contribution in [0.3, 0.4) is 0 Å². The highest BCUT2D eigenvalue weighted by atomic mass is 35.5. The maximum atomic E-state index is 14.0. The first-order chi connectivity index (χ1) is 20.2. The lowest BCUT2D eigenvalue weighted by atomic mass is 9.95. The average Bonchev–Trinajstić information content (AvgIpc) is 3.29. The molecule has 1 aliphatic heterocycles. The van der Waals surface area contributed by atoms with Crippen molar-refractivity contribution >= 4 is 40.7 Å². The van der Waals surface area contributed by atoms with Gasteiger partial charge in [-0.15, -0.1) is 0 Å². The maximum Gasteiger partial charge on any atom is 0.338 e. The second kappa shape index (κ2) is 12.0. The first-order valence-corrected chi connectivity index (χ1v) is 13.8. The molecule has 1 aromatic heterocycles. The number of halogens is 1. The van der Waals surface area contributed by atoms with Gasteiger partial charge in [-0.25, -0.2) is 9.79 Å². The molecule has 0 aliphatic carbocycles. The van der Waals surface area contributed by atoms with Crippen LogP contribution in [0.1, 0.15) is 29.7 Å². The van der Waals surface area contributed by atoms with Crippen molar-refractivity contribution in [2.24, 2.45) is 4.99 Å². The van der Waals surface area contributed by atoms with Crippen molar-refractivity contribution in [1.29, 1.82) is 0 Å². The van der Waals surface area contributed by atoms with Crippen LogP contribution in [0.15, 0.2) is 87.8 Å². The van der Waals surface area contributed by atoms with Crippen LogP contribution in [-0.2, 0) is 16.1 Å². The molecule has 5 rings (SSSR count). The molecular formula is C30H24ClN3O7S. The van der Waals surface area contributed by atoms with Gasteiger partial charge in [0.05, 0.1) is 34.9 Å². The Labute approximate surface area is 248 Å². The van der Waals surface area contributed by atoms with E-state index in [4.69, 9.17) is 25.8 Å². The third-order valence-electron chi connectivity index (χ3n) is 6.66. The predicted octanol–water partition coefficient (Wildman–Crippen LogP) is 4.56. The zero-order valence-electron chi connectivity index (χ0n) is 22.7. The molecule has 0 fully saturated rings. The number of esters is 1. The van der Waals surface area contributed by atoms with Crippen LogP contribution in [0.2, 0.25) is 5.02 Å². The number of ether oxygens (including phenoxy) is 3. The molecule has 3 aromatic carbocycles. The molecule has 0 radical (unpaired) electrons. The summed E-state index contributed by atoms with van der Waals surface area (Å²) in [7, 11) is 2.77. The Bertz CT molecular complexity index is 1910. The minimum Gasteiger partial charge on any atom is -0.496 e. The molecule has 0 bridgehead atoms. The van der Waals surface area contributed by atoms with Gasteiger partial charge in [-0.2, -0.15) is 0 Å². The third-order valence-corrected chi connectivity index (χ3v) is 7.88. The summed E-state index contributed by atoms with van der Waals surface area (Å²) in [6.07, 6.45) is 1.71. The van der Waals surface area contributed by atoms with Gasteiger partial charge in [0.1, 0.15) is 24.1 Å². The van der Waals surface area contributed by atoms with Gasteiger partial charge in [0.2, 0.25) is 0 Å². The number of aromatic nitrogens is 1. The molecule has 2 heterocycles. The molecule has 1 atom stereocenters. The number of nitro benzene ring substituents is 1. The number of nitro groups is 1. The molecule has 0 amide bonds. The van der Waals surface area contributed by atoms with Gasteiger partial charge >= 0.3 is 5.97 Å². The van der Waals surface area contributed by atoms with Gasteiger partial charge in [-0.1, -0.05) is 41.1 Å². The van der Waals surface area contributed by atoms with E-state index in [0.29, 0.717) is 42.7 Å². The lowest BCUT2D eigenvalue weighted by Gasteiger charge is -2.25. The topological polar surface area (TPSA) is 122 Å². The molecule has 0 unspecified atom stereocenters. The maximum absolute atomic E-state index is 14.0. The molecule has 12 heteroatoms. The highest BCUT2D eigenvalue weighted by Gasteiger charge is 2.35. The fraction of sp³-hybridized carbons (Fsp3) is 0.167. The first kappa shape index (κ1) is 28.8. The lowest BCUT2D eigenvalue weighted by Crippen LogP contribution is -2.40. The summed E-state index contributed by atoms with van der Waals surface area (Å²) in [5, 5.41) is 11.4. The largest absolute Gasteiger partial charge is 0.496 e. The van der Waals surface area contributed by atoms with Gasteiger partial charge < -0.3 is 14.2 Å². The summed E-state index contributed by atoms with van der Waals surface area (Å²) in [6, 6.07) is 17.4. The molecule has 0 spiro atoms. The Kier molecular flexibility index (Phi) is 8.23. The number of rotatable bonds is 8. The predicted molar refractivity (Wildman–Crippen MR) is 158 cm³/mol. The standard InChI is InChI=1S/C30H24ClN3O7S/c1-17-26(29(36)40-3)27(22-15-20(31)10-13-24(22)39-2)33-28(35)25(42-30(33)32-17)14-19-6-4-5-7-23(19)41-16-18-8-11-21(12-9-18)34(37)38/h4-15,27H,16H2,1-3H3/b25-14-/t27-/m0/s1. The smallest absolute Gasteiger partial charge is 0.338 e. The van der Waals surface area contributed by atoms with Crippen LogP contribution in [0.5, 0.6) is 11.5 Å². The Morgan fingerprint density at radius 3 is 2.55 bits per heavy atom. The molecule has 214 valence electrons. The minimum atomic E-state index is -0.891. The zero-order chi connectivity index (χ0) is 30.0. The van der Waals surface area contributed by atoms with Gasteiger partial charge in [0.15, 0.2) is 4.80 Å². The highest BCUT2D eigenvalue weighted by molar-refractivity contribution is 7.07. The Morgan fingerprint density at radius 2 is 1.86 bits per heavy atom. The number of carbonyl (C=O) groups excluding carboxylic acids is 1. The summed E-state index contributed by atoms with van der Waals surface area (Å²) < 4.78 is 18.5. The van der Waals surface area contributed by atoms with Gasteiger partial charge in [0, 0.05) is 28.3 Å². The number of methoxy groups -OCH3 is 2. The minimum absolute atomic E-state index is 0.00573. The summed E-state index contributed by atoms with van der Waals surface area (Å²) in [4.78, 5) is 42.4. The van der Waals surface area contributed by atoms with Crippen molar-refractivity contribution in [2.75, 3.05) is 14.2 Å². The van der Waals surface area contributed by atoms with E-state index in [0.717, 1.165) is 5.56 Å². The van der Waals surface area contributed by atoms with E-state index in [1.165, 1.54) is 42.3 Å². The molecule has 42 heavy (non-hydrogen) atoms. The first-order valence-electron chi connectivity index (χ1n) is 12.6. The molecule has 0 N–H and O–H groups in total. The molecule has 0 saturated heterocycles. The Balaban J connectivity index is 1.59. The number of hydrogen-bond donors (Lipinski definition) is 0. The SMILES string of the molecule is COC(=O)C1=C(C)N=c2s/c(=C\c3ccccc3OCc3ccc([N+](=O)[O-])cc3)c(=O)n2[C@H]1c1cc(Cl)ccc1OC. The molecule has 4 aromatic rings. The van der Waals surface area contributed by atoms with E-state index in [2.05, 4.69) is 4.99 Å². The summed E-state index contributed by atoms with van der Waals surface area (Å²) in [5.41, 5.74) is 2.14. The zero-order valence-corrected chi connectivity index (χ0v) is 24.3. The van der Waals surface area contributed by atoms with Gasteiger partial charge in [0.25, 0.3) is 11.2 Å². The summed E-state index contributed by atoms with van der Waals surface area (Å²) in [5.74, 6) is 0.337. The number of thiazole rings is 1. The van der Waals surface area contributed by atoms with E-state index in [-0.39, 0.29) is 23.4 Å². The van der Waals surface area contributed by atoms with Crippen LogP contribution in [-0.4, -0.2) is 29.7 Å². The molecular weight excluding hydrogens is 582 g/mol. The fourth-order valence-corrected chi connectivity index (χ4v) is 5.87. The van der Waals surface area contributed by atoms with Crippen molar-refractivity contribution < 1.29 is 23.9 Å². The van der Waals surface area contributed by atoms with Crippen molar-refractivity contribution in [3.8, 4) is 11.5 Å². The van der Waals surface area contributed by atoms with Crippen molar-refractivity contribution in [1.82, 2.24) is 4.57 Å². The number of nitrogens with zero attached hydrogens (tertiary/aromatic N) is 3. The van der Waals surface area contributed by atoms with Crippen molar-refractivity contribution in [2.45, 2.75) is 19.6 Å². The number of non-ortho nitro benzene ring substituents is 1. The van der Waals surface area contributed by atoms with Crippen LogP contribution < -0.4 is 24.4 Å². The second-order valence-corrected chi connectivity index (χ2v) is 10.7. The fourth-order valence-electron chi connectivity index (χ4n) is 4.65. The number of benzene rings is 3. The molecule has 1 aliphatic rings. The highest BCUT2D eigenvalue weighted by Crippen LogP contribution is 2.37. The quantitative estimate of drug-likeness (QED) is 0.164. The van der Waals surface area contributed by atoms with E-state index in [1.807, 2.05) is 18.2 Å². The van der Waals surface area contributed by atoms with E-state index >= 15 is 0 Å². The average molecular weight is 606 g/mol. The number of para-hydroxylation sites is 1. The Morgan fingerprint density at radius 1 is 1.12 bits per heavy atom. The Hall–Kier alpha value is -4.74. The van der Waals surface area contributed by atoms with E-state index < -0.39 is 16.9 Å². The van der Waals surface area contributed by atoms with E-state index in [1.54, 1.807) is 49.4 Å². The number of fused-ring (bicyclic) bond motifs is 1. The van der Waals surface area contributed by atoms with Gasteiger partial charge in [-0.3, -0.25) is 19.5 Å².